The fourth-order valence-corrected chi connectivity index (χ4v) is 2.89. The summed E-state index contributed by atoms with van der Waals surface area (Å²) in [6, 6.07) is 7.94. The number of rotatable bonds is 4. The summed E-state index contributed by atoms with van der Waals surface area (Å²) in [5.41, 5.74) is 2.20. The molecule has 2 aromatic rings. The lowest BCUT2D eigenvalue weighted by molar-refractivity contribution is -0.139. The summed E-state index contributed by atoms with van der Waals surface area (Å²) in [5.74, 6) is -1.03. The quantitative estimate of drug-likeness (QED) is 0.768. The number of carboxylic acid groups (broad SMARTS) is 1. The average molecular weight is 287 g/mol. The van der Waals surface area contributed by atoms with Gasteiger partial charge in [-0.15, -0.1) is 0 Å². The van der Waals surface area contributed by atoms with Crippen LogP contribution in [0.3, 0.4) is 0 Å². The second kappa shape index (κ2) is 5.57. The standard InChI is InChI=1S/C15H17N3O3/c19-14-8-18(9-15(20)21)7-11(17-14)5-10-6-16-13-4-2-1-3-12(10)13/h1-4,6,11,16H,5,7-9H2,(H,17,19)(H,20,21). The third-order valence-corrected chi connectivity index (χ3v) is 3.71. The van der Waals surface area contributed by atoms with E-state index in [2.05, 4.69) is 10.3 Å². The van der Waals surface area contributed by atoms with Crippen LogP contribution in [0.2, 0.25) is 0 Å². The molecule has 6 nitrogen and oxygen atoms in total. The van der Waals surface area contributed by atoms with Crippen molar-refractivity contribution in [2.45, 2.75) is 12.5 Å². The molecular weight excluding hydrogens is 270 g/mol. The Morgan fingerprint density at radius 3 is 3.00 bits per heavy atom. The van der Waals surface area contributed by atoms with E-state index in [4.69, 9.17) is 5.11 Å². The Labute approximate surface area is 121 Å². The summed E-state index contributed by atoms with van der Waals surface area (Å²) in [4.78, 5) is 27.4. The van der Waals surface area contributed by atoms with Gasteiger partial charge in [-0.3, -0.25) is 14.5 Å². The van der Waals surface area contributed by atoms with Gasteiger partial charge in [0, 0.05) is 29.7 Å². The average Bonchev–Trinajstić information content (AvgIpc) is 2.81. The molecule has 0 saturated carbocycles. The second-order valence-electron chi connectivity index (χ2n) is 5.39. The van der Waals surface area contributed by atoms with Crippen LogP contribution in [0.15, 0.2) is 30.5 Å². The zero-order chi connectivity index (χ0) is 14.8. The van der Waals surface area contributed by atoms with E-state index in [1.165, 1.54) is 0 Å². The zero-order valence-electron chi connectivity index (χ0n) is 11.5. The molecule has 3 rings (SSSR count). The first-order valence-corrected chi connectivity index (χ1v) is 6.90. The van der Waals surface area contributed by atoms with Gasteiger partial charge < -0.3 is 15.4 Å². The third kappa shape index (κ3) is 3.05. The number of para-hydroxylation sites is 1. The fraction of sp³-hybridized carbons (Fsp3) is 0.333. The van der Waals surface area contributed by atoms with Gasteiger partial charge >= 0.3 is 5.97 Å². The molecule has 1 aromatic carbocycles. The van der Waals surface area contributed by atoms with Crippen molar-refractivity contribution in [1.29, 1.82) is 0 Å². The van der Waals surface area contributed by atoms with Crippen LogP contribution in [-0.2, 0) is 16.0 Å². The number of hydrogen-bond acceptors (Lipinski definition) is 3. The minimum absolute atomic E-state index is 0.0650. The largest absolute Gasteiger partial charge is 0.480 e. The van der Waals surface area contributed by atoms with Crippen LogP contribution in [0.25, 0.3) is 10.9 Å². The number of piperazine rings is 1. The number of carboxylic acids is 1. The summed E-state index contributed by atoms with van der Waals surface area (Å²) in [7, 11) is 0. The van der Waals surface area contributed by atoms with Crippen LogP contribution in [0.5, 0.6) is 0 Å². The summed E-state index contributed by atoms with van der Waals surface area (Å²) in [6.45, 7) is 0.603. The molecule has 0 bridgehead atoms. The molecule has 1 unspecified atom stereocenters. The summed E-state index contributed by atoms with van der Waals surface area (Å²) in [6.07, 6.45) is 2.64. The Kier molecular flexibility index (Phi) is 3.62. The van der Waals surface area contributed by atoms with Gasteiger partial charge in [-0.05, 0) is 18.1 Å². The van der Waals surface area contributed by atoms with E-state index >= 15 is 0 Å². The molecule has 1 aliphatic heterocycles. The first kappa shape index (κ1) is 13.6. The van der Waals surface area contributed by atoms with Gasteiger partial charge in [0.2, 0.25) is 5.91 Å². The van der Waals surface area contributed by atoms with Gasteiger partial charge in [-0.25, -0.2) is 0 Å². The Morgan fingerprint density at radius 1 is 1.38 bits per heavy atom. The smallest absolute Gasteiger partial charge is 0.317 e. The number of benzene rings is 1. The first-order chi connectivity index (χ1) is 10.1. The number of fused-ring (bicyclic) bond motifs is 1. The maximum atomic E-state index is 11.7. The van der Waals surface area contributed by atoms with Gasteiger partial charge in [0.15, 0.2) is 0 Å². The molecule has 0 spiro atoms. The summed E-state index contributed by atoms with van der Waals surface area (Å²) >= 11 is 0. The van der Waals surface area contributed by atoms with Crippen molar-refractivity contribution < 1.29 is 14.7 Å². The molecule has 6 heteroatoms. The molecule has 1 fully saturated rings. The molecule has 1 atom stereocenters. The SMILES string of the molecule is O=C(O)CN1CC(=O)NC(Cc2c[nH]c3ccccc23)C1. The van der Waals surface area contributed by atoms with Crippen LogP contribution < -0.4 is 5.32 Å². The Morgan fingerprint density at radius 2 is 2.19 bits per heavy atom. The molecular formula is C15H17N3O3. The van der Waals surface area contributed by atoms with E-state index in [1.54, 1.807) is 4.90 Å². The number of amides is 1. The minimum atomic E-state index is -0.907. The van der Waals surface area contributed by atoms with Crippen molar-refractivity contribution >= 4 is 22.8 Å². The highest BCUT2D eigenvalue weighted by Gasteiger charge is 2.26. The highest BCUT2D eigenvalue weighted by molar-refractivity contribution is 5.83. The highest BCUT2D eigenvalue weighted by Crippen LogP contribution is 2.19. The lowest BCUT2D eigenvalue weighted by atomic mass is 10.0. The van der Waals surface area contributed by atoms with Crippen LogP contribution in [-0.4, -0.2) is 52.5 Å². The van der Waals surface area contributed by atoms with Gasteiger partial charge in [0.1, 0.15) is 0 Å². The lowest BCUT2D eigenvalue weighted by Gasteiger charge is -2.31. The number of aliphatic carboxylic acids is 1. The fourth-order valence-electron chi connectivity index (χ4n) is 2.89. The minimum Gasteiger partial charge on any atom is -0.480 e. The van der Waals surface area contributed by atoms with Gasteiger partial charge in [0.05, 0.1) is 13.1 Å². The Bertz CT molecular complexity index is 678. The number of nitrogens with one attached hydrogen (secondary N) is 2. The molecule has 3 N–H and O–H groups in total. The van der Waals surface area contributed by atoms with Crippen molar-refractivity contribution in [2.24, 2.45) is 0 Å². The van der Waals surface area contributed by atoms with Gasteiger partial charge in [0.25, 0.3) is 0 Å². The van der Waals surface area contributed by atoms with Gasteiger partial charge in [-0.1, -0.05) is 18.2 Å². The summed E-state index contributed by atoms with van der Waals surface area (Å²) in [5, 5.41) is 12.9. The number of carbonyl (C=O) groups is 2. The predicted molar refractivity (Wildman–Crippen MR) is 78.0 cm³/mol. The molecule has 0 radical (unpaired) electrons. The molecule has 2 heterocycles. The maximum Gasteiger partial charge on any atom is 0.317 e. The number of aromatic amines is 1. The molecule has 1 aromatic heterocycles. The molecule has 1 amide bonds. The maximum absolute atomic E-state index is 11.7. The summed E-state index contributed by atoms with van der Waals surface area (Å²) < 4.78 is 0. The second-order valence-corrected chi connectivity index (χ2v) is 5.39. The predicted octanol–water partition coefficient (Wildman–Crippen LogP) is 0.595. The Hall–Kier alpha value is -2.34. The molecule has 0 aliphatic carbocycles. The first-order valence-electron chi connectivity index (χ1n) is 6.90. The normalized spacial score (nSPS) is 19.6. The van der Waals surface area contributed by atoms with E-state index in [9.17, 15) is 9.59 Å². The zero-order valence-corrected chi connectivity index (χ0v) is 11.5. The van der Waals surface area contributed by atoms with Gasteiger partial charge in [-0.2, -0.15) is 0 Å². The third-order valence-electron chi connectivity index (χ3n) is 3.71. The van der Waals surface area contributed by atoms with Crippen molar-refractivity contribution in [3.63, 3.8) is 0 Å². The molecule has 110 valence electrons. The Balaban J connectivity index is 1.74. The number of carbonyl (C=O) groups excluding carboxylic acids is 1. The van der Waals surface area contributed by atoms with E-state index in [0.29, 0.717) is 13.0 Å². The lowest BCUT2D eigenvalue weighted by Crippen LogP contribution is -2.55. The number of nitrogens with zero attached hydrogens (tertiary/aromatic N) is 1. The van der Waals surface area contributed by atoms with Crippen molar-refractivity contribution in [1.82, 2.24) is 15.2 Å². The van der Waals surface area contributed by atoms with Crippen LogP contribution >= 0.6 is 0 Å². The van der Waals surface area contributed by atoms with Crippen LogP contribution in [0, 0.1) is 0 Å². The van der Waals surface area contributed by atoms with Crippen molar-refractivity contribution in [3.8, 4) is 0 Å². The van der Waals surface area contributed by atoms with E-state index < -0.39 is 5.97 Å². The van der Waals surface area contributed by atoms with Crippen LogP contribution in [0.4, 0.5) is 0 Å². The molecule has 1 aliphatic rings. The monoisotopic (exact) mass is 287 g/mol. The van der Waals surface area contributed by atoms with Crippen molar-refractivity contribution in [3.05, 3.63) is 36.0 Å². The number of aromatic nitrogens is 1. The van der Waals surface area contributed by atoms with E-state index in [-0.39, 0.29) is 25.0 Å². The van der Waals surface area contributed by atoms with Crippen LogP contribution in [0.1, 0.15) is 5.56 Å². The van der Waals surface area contributed by atoms with Crippen molar-refractivity contribution in [2.75, 3.05) is 19.6 Å². The number of H-pyrrole nitrogens is 1. The van der Waals surface area contributed by atoms with E-state index in [1.807, 2.05) is 30.5 Å². The number of hydrogen-bond donors (Lipinski definition) is 3. The van der Waals surface area contributed by atoms with E-state index in [0.717, 1.165) is 16.5 Å². The topological polar surface area (TPSA) is 85.4 Å². The highest BCUT2D eigenvalue weighted by atomic mass is 16.4. The molecule has 1 saturated heterocycles. The molecule has 21 heavy (non-hydrogen) atoms.